The average Bonchev–Trinajstić information content (AvgIpc) is 3.42. The van der Waals surface area contributed by atoms with Crippen molar-refractivity contribution in [3.8, 4) is 11.3 Å². The Labute approximate surface area is 182 Å². The summed E-state index contributed by atoms with van der Waals surface area (Å²) < 4.78 is 25.3. The quantitative estimate of drug-likeness (QED) is 0.328. The molecular weight excluding hydrogens is 428 g/mol. The third kappa shape index (κ3) is 4.42. The second-order valence-electron chi connectivity index (χ2n) is 6.62. The molecule has 0 spiro atoms. The molecule has 7 heteroatoms. The molecule has 1 amide bonds. The lowest BCUT2D eigenvalue weighted by Gasteiger charge is -2.21. The zero-order valence-electron chi connectivity index (χ0n) is 15.6. The van der Waals surface area contributed by atoms with E-state index in [1.807, 2.05) is 0 Å². The van der Waals surface area contributed by atoms with E-state index < -0.39 is 5.91 Å². The van der Waals surface area contributed by atoms with Gasteiger partial charge in [0.1, 0.15) is 17.3 Å². The highest BCUT2D eigenvalue weighted by Gasteiger charge is 2.23. The molecule has 2 heterocycles. The fourth-order valence-electron chi connectivity index (χ4n) is 3.06. The van der Waals surface area contributed by atoms with Crippen LogP contribution in [0.15, 0.2) is 81.8 Å². The fourth-order valence-corrected chi connectivity index (χ4v) is 3.44. The summed E-state index contributed by atoms with van der Waals surface area (Å²) in [6.07, 6.45) is 1.52. The zero-order valence-corrected chi connectivity index (χ0v) is 17.2. The van der Waals surface area contributed by atoms with Gasteiger partial charge in [0.2, 0.25) is 0 Å². The van der Waals surface area contributed by atoms with E-state index in [0.717, 1.165) is 0 Å². The van der Waals surface area contributed by atoms with Crippen molar-refractivity contribution in [3.63, 3.8) is 0 Å². The van der Waals surface area contributed by atoms with Crippen molar-refractivity contribution in [3.05, 3.63) is 106 Å². The number of furan rings is 2. The molecule has 0 unspecified atom stereocenters. The molecule has 0 aliphatic heterocycles. The lowest BCUT2D eigenvalue weighted by atomic mass is 10.2. The first-order valence-electron chi connectivity index (χ1n) is 9.11. The first-order valence-corrected chi connectivity index (χ1v) is 9.87. The highest BCUT2D eigenvalue weighted by molar-refractivity contribution is 6.35. The number of hydrogen-bond acceptors (Lipinski definition) is 3. The van der Waals surface area contributed by atoms with Gasteiger partial charge in [-0.2, -0.15) is 0 Å². The monoisotopic (exact) mass is 443 g/mol. The normalized spacial score (nSPS) is 10.9. The van der Waals surface area contributed by atoms with Crippen molar-refractivity contribution in [2.24, 2.45) is 0 Å². The molecule has 152 valence electrons. The largest absolute Gasteiger partial charge is 0.467 e. The van der Waals surface area contributed by atoms with Gasteiger partial charge in [0, 0.05) is 22.7 Å². The molecule has 0 aliphatic rings. The van der Waals surface area contributed by atoms with Gasteiger partial charge in [-0.15, -0.1) is 0 Å². The molecule has 30 heavy (non-hydrogen) atoms. The molecule has 0 N–H and O–H groups in total. The highest BCUT2D eigenvalue weighted by Crippen LogP contribution is 2.32. The van der Waals surface area contributed by atoms with Crippen molar-refractivity contribution in [2.45, 2.75) is 13.1 Å². The molecular formula is C23H16Cl2FNO3. The number of amides is 1. The van der Waals surface area contributed by atoms with Gasteiger partial charge in [-0.3, -0.25) is 4.79 Å². The number of carbonyl (C=O) groups excluding carboxylic acids is 1. The van der Waals surface area contributed by atoms with Crippen LogP contribution in [0.5, 0.6) is 0 Å². The van der Waals surface area contributed by atoms with E-state index in [1.54, 1.807) is 60.7 Å². The van der Waals surface area contributed by atoms with Crippen LogP contribution in [0.1, 0.15) is 21.9 Å². The molecule has 0 radical (unpaired) electrons. The number of halogens is 3. The summed E-state index contributed by atoms with van der Waals surface area (Å²) in [4.78, 5) is 14.7. The van der Waals surface area contributed by atoms with E-state index in [4.69, 9.17) is 32.0 Å². The maximum absolute atomic E-state index is 14.2. The van der Waals surface area contributed by atoms with Crippen molar-refractivity contribution in [1.82, 2.24) is 4.90 Å². The van der Waals surface area contributed by atoms with E-state index in [1.165, 1.54) is 17.2 Å². The predicted molar refractivity (Wildman–Crippen MR) is 113 cm³/mol. The summed E-state index contributed by atoms with van der Waals surface area (Å²) in [5.74, 6) is 0.294. The van der Waals surface area contributed by atoms with Gasteiger partial charge in [0.15, 0.2) is 5.76 Å². The molecule has 4 rings (SSSR count). The Kier molecular flexibility index (Phi) is 5.93. The second-order valence-corrected chi connectivity index (χ2v) is 7.46. The third-order valence-electron chi connectivity index (χ3n) is 4.54. The third-order valence-corrected chi connectivity index (χ3v) is 5.11. The van der Waals surface area contributed by atoms with E-state index in [0.29, 0.717) is 32.7 Å². The van der Waals surface area contributed by atoms with Crippen LogP contribution in [-0.4, -0.2) is 10.8 Å². The van der Waals surface area contributed by atoms with E-state index >= 15 is 0 Å². The topological polar surface area (TPSA) is 46.6 Å². The SMILES string of the molecule is O=C(c1ccc(-c2cc(Cl)ccc2Cl)o1)N(Cc1ccco1)Cc1ccccc1F. The molecule has 0 saturated heterocycles. The Morgan fingerprint density at radius 1 is 0.967 bits per heavy atom. The van der Waals surface area contributed by atoms with Crippen molar-refractivity contribution >= 4 is 29.1 Å². The van der Waals surface area contributed by atoms with Crippen LogP contribution in [0, 0.1) is 5.82 Å². The average molecular weight is 444 g/mol. The summed E-state index contributed by atoms with van der Waals surface area (Å²) in [7, 11) is 0. The standard InChI is InChI=1S/C23H16Cl2FNO3/c24-16-7-8-19(25)18(12-16)21-9-10-22(30-21)23(28)27(14-17-5-3-11-29-17)13-15-4-1-2-6-20(15)26/h1-12H,13-14H2. The van der Waals surface area contributed by atoms with Crippen LogP contribution >= 0.6 is 23.2 Å². The second kappa shape index (κ2) is 8.78. The minimum atomic E-state index is -0.404. The molecule has 0 atom stereocenters. The Morgan fingerprint density at radius 2 is 1.80 bits per heavy atom. The molecule has 0 aliphatic carbocycles. The van der Waals surface area contributed by atoms with Gasteiger partial charge in [-0.25, -0.2) is 4.39 Å². The maximum atomic E-state index is 14.2. The number of nitrogens with zero attached hydrogens (tertiary/aromatic N) is 1. The van der Waals surface area contributed by atoms with E-state index in [2.05, 4.69) is 0 Å². The first-order chi connectivity index (χ1) is 14.5. The zero-order chi connectivity index (χ0) is 21.1. The first kappa shape index (κ1) is 20.3. The minimum absolute atomic E-state index is 0.0557. The minimum Gasteiger partial charge on any atom is -0.467 e. The Balaban J connectivity index is 1.64. The summed E-state index contributed by atoms with van der Waals surface area (Å²) in [5, 5.41) is 0.948. The van der Waals surface area contributed by atoms with Gasteiger partial charge in [0.05, 0.1) is 17.8 Å². The van der Waals surface area contributed by atoms with Gasteiger partial charge < -0.3 is 13.7 Å². The van der Waals surface area contributed by atoms with Gasteiger partial charge >= 0.3 is 0 Å². The molecule has 2 aromatic carbocycles. The fraction of sp³-hybridized carbons (Fsp3) is 0.0870. The van der Waals surface area contributed by atoms with Crippen LogP contribution in [0.2, 0.25) is 10.0 Å². The lowest BCUT2D eigenvalue weighted by molar-refractivity contribution is 0.0684. The predicted octanol–water partition coefficient (Wildman–Crippen LogP) is 6.83. The summed E-state index contributed by atoms with van der Waals surface area (Å²) >= 11 is 12.3. The Bertz CT molecular complexity index is 1170. The van der Waals surface area contributed by atoms with Crippen molar-refractivity contribution < 1.29 is 18.0 Å². The summed E-state index contributed by atoms with van der Waals surface area (Å²) in [5.41, 5.74) is 0.969. The number of rotatable bonds is 6. The highest BCUT2D eigenvalue weighted by atomic mass is 35.5. The van der Waals surface area contributed by atoms with Crippen LogP contribution in [-0.2, 0) is 13.1 Å². The van der Waals surface area contributed by atoms with Gasteiger partial charge in [-0.1, -0.05) is 41.4 Å². The van der Waals surface area contributed by atoms with Crippen molar-refractivity contribution in [2.75, 3.05) is 0 Å². The lowest BCUT2D eigenvalue weighted by Crippen LogP contribution is -2.30. The summed E-state index contributed by atoms with van der Waals surface area (Å²) in [6.45, 7) is 0.217. The molecule has 4 nitrogen and oxygen atoms in total. The van der Waals surface area contributed by atoms with Gasteiger partial charge in [0.25, 0.3) is 5.91 Å². The molecule has 0 fully saturated rings. The molecule has 4 aromatic rings. The Morgan fingerprint density at radius 3 is 2.57 bits per heavy atom. The summed E-state index contributed by atoms with van der Waals surface area (Å²) in [6, 6.07) is 18.0. The van der Waals surface area contributed by atoms with Crippen LogP contribution in [0.25, 0.3) is 11.3 Å². The Hall–Kier alpha value is -3.02. The van der Waals surface area contributed by atoms with Gasteiger partial charge in [-0.05, 0) is 48.5 Å². The maximum Gasteiger partial charge on any atom is 0.290 e. The number of hydrogen-bond donors (Lipinski definition) is 0. The smallest absolute Gasteiger partial charge is 0.290 e. The number of benzene rings is 2. The molecule has 0 bridgehead atoms. The van der Waals surface area contributed by atoms with Crippen LogP contribution < -0.4 is 0 Å². The van der Waals surface area contributed by atoms with E-state index in [9.17, 15) is 9.18 Å². The molecule has 0 saturated carbocycles. The van der Waals surface area contributed by atoms with Crippen molar-refractivity contribution in [1.29, 1.82) is 0 Å². The molecule has 2 aromatic heterocycles. The van der Waals surface area contributed by atoms with Crippen LogP contribution in [0.4, 0.5) is 4.39 Å². The van der Waals surface area contributed by atoms with E-state index in [-0.39, 0.29) is 24.7 Å². The number of carbonyl (C=O) groups is 1. The van der Waals surface area contributed by atoms with Crippen LogP contribution in [0.3, 0.4) is 0 Å².